The Morgan fingerprint density at radius 3 is 1.92 bits per heavy atom. The zero-order valence-corrected chi connectivity index (χ0v) is 29.4. The number of carbonyl (C=O) groups is 1. The van der Waals surface area contributed by atoms with Crippen molar-refractivity contribution in [2.45, 2.75) is 71.1 Å². The van der Waals surface area contributed by atoms with Crippen LogP contribution < -0.4 is 4.74 Å². The van der Waals surface area contributed by atoms with E-state index in [2.05, 4.69) is 6.92 Å². The molecule has 1 aliphatic carbocycles. The SMILES string of the molecule is CCCCCCCCCCCCOc1ccc(C2=C[Se]C(=C3c4cc([N+](=O)[O-])cc(C(=O)O)c4-c4c3cc([N+](=O)[O-])cc4[N+](=O)[O-])S2)cc1. The quantitative estimate of drug-likeness (QED) is 0.0473. The van der Waals surface area contributed by atoms with Gasteiger partial charge in [-0.25, -0.2) is 0 Å². The van der Waals surface area contributed by atoms with Crippen molar-refractivity contribution >= 4 is 60.2 Å². The Labute approximate surface area is 293 Å². The normalized spacial score (nSPS) is 14.7. The van der Waals surface area contributed by atoms with Crippen molar-refractivity contribution in [2.24, 2.45) is 0 Å². The van der Waals surface area contributed by atoms with E-state index in [1.54, 1.807) is 0 Å². The number of thioether (sulfide) groups is 1. The second-order valence-corrected chi connectivity index (χ2v) is 15.3. The van der Waals surface area contributed by atoms with Crippen LogP contribution in [0.25, 0.3) is 21.6 Å². The van der Waals surface area contributed by atoms with E-state index in [1.807, 2.05) is 29.2 Å². The Bertz CT molecular complexity index is 1770. The molecule has 0 saturated carbocycles. The Morgan fingerprint density at radius 2 is 1.35 bits per heavy atom. The number of nitro groups is 3. The first-order chi connectivity index (χ1) is 23.6. The van der Waals surface area contributed by atoms with Crippen LogP contribution in [0, 0.1) is 30.3 Å². The Hall–Kier alpha value is -4.52. The fourth-order valence-corrected chi connectivity index (χ4v) is 10.0. The van der Waals surface area contributed by atoms with Gasteiger partial charge in [-0.15, -0.1) is 0 Å². The van der Waals surface area contributed by atoms with Gasteiger partial charge in [0, 0.05) is 0 Å². The average molecular weight is 753 g/mol. The molecule has 256 valence electrons. The summed E-state index contributed by atoms with van der Waals surface area (Å²) in [5.41, 5.74) is -0.896. The van der Waals surface area contributed by atoms with E-state index in [9.17, 15) is 40.2 Å². The van der Waals surface area contributed by atoms with Gasteiger partial charge in [-0.2, -0.15) is 0 Å². The number of fused-ring (bicyclic) bond motifs is 3. The first-order valence-corrected chi connectivity index (χ1v) is 18.8. The van der Waals surface area contributed by atoms with Crippen molar-refractivity contribution in [2.75, 3.05) is 6.61 Å². The van der Waals surface area contributed by atoms with Crippen LogP contribution in [0.1, 0.15) is 98.2 Å². The molecular formula is C35H35N3O9SSe. The first-order valence-electron chi connectivity index (χ1n) is 16.2. The van der Waals surface area contributed by atoms with Gasteiger partial charge in [-0.1, -0.05) is 45.4 Å². The van der Waals surface area contributed by atoms with Gasteiger partial charge in [0.1, 0.15) is 0 Å². The summed E-state index contributed by atoms with van der Waals surface area (Å²) in [7, 11) is 0. The molecule has 0 amide bonds. The van der Waals surface area contributed by atoms with Crippen LogP contribution >= 0.6 is 11.8 Å². The van der Waals surface area contributed by atoms with Gasteiger partial charge in [0.25, 0.3) is 0 Å². The van der Waals surface area contributed by atoms with E-state index in [4.69, 9.17) is 4.74 Å². The third kappa shape index (κ3) is 8.21. The number of non-ortho nitro benzene ring substituents is 2. The van der Waals surface area contributed by atoms with Gasteiger partial charge in [0.15, 0.2) is 0 Å². The van der Waals surface area contributed by atoms with Gasteiger partial charge in [0.2, 0.25) is 0 Å². The number of aromatic carboxylic acids is 1. The van der Waals surface area contributed by atoms with Gasteiger partial charge < -0.3 is 0 Å². The molecule has 0 radical (unpaired) electrons. The van der Waals surface area contributed by atoms with Crippen molar-refractivity contribution in [3.05, 3.63) is 110 Å². The fraction of sp³-hybridized carbons (Fsp3) is 0.343. The molecule has 3 aromatic rings. The number of nitro benzene ring substituents is 3. The van der Waals surface area contributed by atoms with Gasteiger partial charge in [-0.05, 0) is 0 Å². The van der Waals surface area contributed by atoms with Crippen LogP contribution in [0.15, 0.2) is 57.3 Å². The van der Waals surface area contributed by atoms with Crippen LogP contribution in [0.3, 0.4) is 0 Å². The maximum atomic E-state index is 12.3. The number of hydrogen-bond donors (Lipinski definition) is 1. The van der Waals surface area contributed by atoms with Crippen LogP contribution in [0.4, 0.5) is 17.1 Å². The zero-order chi connectivity index (χ0) is 35.1. The number of ether oxygens (including phenoxy) is 1. The van der Waals surface area contributed by atoms with Gasteiger partial charge in [0.05, 0.1) is 0 Å². The summed E-state index contributed by atoms with van der Waals surface area (Å²) in [4.78, 5) is 48.7. The molecular weight excluding hydrogens is 717 g/mol. The summed E-state index contributed by atoms with van der Waals surface area (Å²) in [6.07, 6.45) is 12.5. The number of hydrogen-bond acceptors (Lipinski definition) is 9. The predicted octanol–water partition coefficient (Wildman–Crippen LogP) is 9.56. The number of unbranched alkanes of at least 4 members (excludes halogenated alkanes) is 9. The van der Waals surface area contributed by atoms with E-state index >= 15 is 0 Å². The van der Waals surface area contributed by atoms with E-state index in [1.165, 1.54) is 75.3 Å². The molecule has 2 aliphatic rings. The second-order valence-electron chi connectivity index (χ2n) is 11.8. The standard InChI is InChI=1S/C35H35N3O9SSe/c1-2-3-4-5-6-7-8-9-10-11-16-47-25-14-12-22(13-15-25)30-21-49-35(48-30)32-26-17-23(36(41)42)19-28(34(39)40)31(26)33-27(32)18-24(37(43)44)20-29(33)38(45)46/h12-15,17-21H,2-11,16H2,1H3,(H,39,40). The van der Waals surface area contributed by atoms with E-state index < -0.39 is 43.4 Å². The van der Waals surface area contributed by atoms with Crippen LogP contribution in [0.5, 0.6) is 5.75 Å². The van der Waals surface area contributed by atoms with Crippen molar-refractivity contribution in [1.82, 2.24) is 0 Å². The number of rotatable bonds is 17. The summed E-state index contributed by atoms with van der Waals surface area (Å²) in [5, 5.41) is 45.8. The zero-order valence-electron chi connectivity index (χ0n) is 26.8. The Balaban J connectivity index is 1.35. The predicted molar refractivity (Wildman–Crippen MR) is 190 cm³/mol. The number of benzene rings is 3. The monoisotopic (exact) mass is 753 g/mol. The molecule has 14 heteroatoms. The van der Waals surface area contributed by atoms with Crippen LogP contribution in [0.2, 0.25) is 0 Å². The molecule has 0 unspecified atom stereocenters. The molecule has 0 saturated heterocycles. The third-order valence-corrected chi connectivity index (χ3v) is 12.4. The molecule has 3 aromatic carbocycles. The van der Waals surface area contributed by atoms with E-state index in [0.29, 0.717) is 16.0 Å². The summed E-state index contributed by atoms with van der Waals surface area (Å²) in [6.45, 7) is 2.86. The van der Waals surface area contributed by atoms with Gasteiger partial charge in [-0.3, -0.25) is 0 Å². The Kier molecular flexibility index (Phi) is 11.9. The molecule has 1 aliphatic heterocycles. The minimum absolute atomic E-state index is 0.0639. The molecule has 1 heterocycles. The molecule has 0 spiro atoms. The number of carboxylic acid groups (broad SMARTS) is 1. The molecule has 5 rings (SSSR count). The molecule has 1 N–H and O–H groups in total. The molecule has 0 fully saturated rings. The maximum absolute atomic E-state index is 12.3. The third-order valence-electron chi connectivity index (χ3n) is 8.45. The molecule has 0 atom stereocenters. The van der Waals surface area contributed by atoms with Crippen molar-refractivity contribution in [3.8, 4) is 16.9 Å². The topological polar surface area (TPSA) is 176 Å². The van der Waals surface area contributed by atoms with E-state index in [0.717, 1.165) is 41.2 Å². The first kappa shape index (κ1) is 35.8. The van der Waals surface area contributed by atoms with Crippen molar-refractivity contribution in [1.29, 1.82) is 0 Å². The second kappa shape index (κ2) is 16.3. The number of nitrogens with zero attached hydrogens (tertiary/aromatic N) is 3. The fourth-order valence-electron chi connectivity index (χ4n) is 6.04. The van der Waals surface area contributed by atoms with Crippen molar-refractivity contribution < 1.29 is 29.4 Å². The van der Waals surface area contributed by atoms with Crippen molar-refractivity contribution in [3.63, 3.8) is 0 Å². The van der Waals surface area contributed by atoms with Crippen LogP contribution in [-0.4, -0.2) is 47.4 Å². The minimum atomic E-state index is -1.51. The average Bonchev–Trinajstić information content (AvgIpc) is 3.69. The Morgan fingerprint density at radius 1 is 0.776 bits per heavy atom. The molecule has 0 aromatic heterocycles. The van der Waals surface area contributed by atoms with Gasteiger partial charge >= 0.3 is 249 Å². The molecule has 0 bridgehead atoms. The summed E-state index contributed by atoms with van der Waals surface area (Å²) >= 11 is 0.989. The summed E-state index contributed by atoms with van der Waals surface area (Å²) < 4.78 is 6.64. The summed E-state index contributed by atoms with van der Waals surface area (Å²) in [5.74, 6) is -0.761. The molecule has 12 nitrogen and oxygen atoms in total. The molecule has 49 heavy (non-hydrogen) atoms. The number of carboxylic acids is 1. The van der Waals surface area contributed by atoms with E-state index in [-0.39, 0.29) is 37.2 Å². The summed E-state index contributed by atoms with van der Waals surface area (Å²) in [6, 6.07) is 11.7. The van der Waals surface area contributed by atoms with Crippen LogP contribution in [-0.2, 0) is 0 Å².